The average Bonchev–Trinajstić information content (AvgIpc) is 2.18. The number of carbonyl (C=O) groups is 1. The molecule has 0 radical (unpaired) electrons. The van der Waals surface area contributed by atoms with Crippen molar-refractivity contribution in [3.05, 3.63) is 35.4 Å². The Morgan fingerprint density at radius 3 is 2.40 bits per heavy atom. The largest absolute Gasteiger partial charge is 0.369 e. The molecule has 0 aliphatic heterocycles. The number of nitrogens with two attached hydrogens (primary N) is 2. The van der Waals surface area contributed by atoms with E-state index < -0.39 is 5.91 Å². The van der Waals surface area contributed by atoms with Crippen LogP contribution < -0.4 is 16.9 Å². The van der Waals surface area contributed by atoms with Crippen molar-refractivity contribution in [3.8, 4) is 0 Å². The summed E-state index contributed by atoms with van der Waals surface area (Å²) in [5.74, 6) is -0.708. The van der Waals surface area contributed by atoms with Crippen LogP contribution in [0.5, 0.6) is 0 Å². The van der Waals surface area contributed by atoms with Crippen LogP contribution in [-0.2, 0) is 0 Å². The molecule has 0 saturated heterocycles. The Morgan fingerprint density at radius 1 is 1.33 bits per heavy atom. The van der Waals surface area contributed by atoms with E-state index in [0.717, 1.165) is 5.56 Å². The highest BCUT2D eigenvalue weighted by molar-refractivity contribution is 5.93. The van der Waals surface area contributed by atoms with Crippen molar-refractivity contribution in [2.75, 3.05) is 0 Å². The molecular formula is C9H11N5O. The van der Waals surface area contributed by atoms with Crippen molar-refractivity contribution >= 4 is 18.1 Å². The summed E-state index contributed by atoms with van der Waals surface area (Å²) >= 11 is 0. The summed E-state index contributed by atoms with van der Waals surface area (Å²) in [4.78, 5) is 10.7. The Morgan fingerprint density at radius 2 is 1.93 bits per heavy atom. The third kappa shape index (κ3) is 3.47. The fourth-order valence-electron chi connectivity index (χ4n) is 0.910. The van der Waals surface area contributed by atoms with Crippen molar-refractivity contribution in [3.63, 3.8) is 0 Å². The van der Waals surface area contributed by atoms with E-state index in [1.807, 2.05) is 0 Å². The van der Waals surface area contributed by atoms with Crippen molar-refractivity contribution in [2.45, 2.75) is 0 Å². The monoisotopic (exact) mass is 205 g/mol. The van der Waals surface area contributed by atoms with Gasteiger partial charge in [-0.2, -0.15) is 5.10 Å². The van der Waals surface area contributed by atoms with Gasteiger partial charge in [-0.1, -0.05) is 12.1 Å². The summed E-state index contributed by atoms with van der Waals surface area (Å²) in [5, 5.41) is 10.5. The van der Waals surface area contributed by atoms with Crippen molar-refractivity contribution in [1.29, 1.82) is 5.41 Å². The van der Waals surface area contributed by atoms with Crippen molar-refractivity contribution in [2.24, 2.45) is 16.6 Å². The summed E-state index contributed by atoms with van der Waals surface area (Å²) in [6.45, 7) is 0. The highest BCUT2D eigenvalue weighted by Gasteiger charge is 1.97. The molecule has 1 rings (SSSR count). The number of guanidine groups is 1. The third-order valence-corrected chi connectivity index (χ3v) is 1.59. The first-order valence-electron chi connectivity index (χ1n) is 4.12. The van der Waals surface area contributed by atoms with Gasteiger partial charge in [-0.05, 0) is 17.7 Å². The van der Waals surface area contributed by atoms with Gasteiger partial charge in [-0.15, -0.1) is 0 Å². The van der Waals surface area contributed by atoms with Crippen molar-refractivity contribution < 1.29 is 4.79 Å². The van der Waals surface area contributed by atoms with E-state index in [2.05, 4.69) is 10.5 Å². The lowest BCUT2D eigenvalue weighted by atomic mass is 10.1. The van der Waals surface area contributed by atoms with Crippen LogP contribution in [0.1, 0.15) is 15.9 Å². The molecule has 0 atom stereocenters. The maximum absolute atomic E-state index is 10.7. The molecule has 0 heterocycles. The number of rotatable bonds is 3. The minimum atomic E-state index is -0.472. The number of hydrazone groups is 1. The van der Waals surface area contributed by atoms with Gasteiger partial charge in [-0.3, -0.25) is 10.2 Å². The molecule has 78 valence electrons. The molecule has 0 aromatic heterocycles. The quantitative estimate of drug-likeness (QED) is 0.305. The molecule has 6 heteroatoms. The van der Waals surface area contributed by atoms with E-state index in [0.29, 0.717) is 5.56 Å². The Bertz CT molecular complexity index is 395. The van der Waals surface area contributed by atoms with Gasteiger partial charge >= 0.3 is 0 Å². The normalized spacial score (nSPS) is 10.1. The van der Waals surface area contributed by atoms with Crippen LogP contribution >= 0.6 is 0 Å². The average molecular weight is 205 g/mol. The number of nitrogens with one attached hydrogen (secondary N) is 2. The summed E-state index contributed by atoms with van der Waals surface area (Å²) in [7, 11) is 0. The van der Waals surface area contributed by atoms with Gasteiger partial charge < -0.3 is 11.5 Å². The number of nitrogens with zero attached hydrogens (tertiary/aromatic N) is 1. The molecule has 1 aromatic carbocycles. The first-order valence-corrected chi connectivity index (χ1v) is 4.12. The number of primary amides is 1. The Balaban J connectivity index is 2.68. The maximum Gasteiger partial charge on any atom is 0.248 e. The van der Waals surface area contributed by atoms with E-state index in [1.54, 1.807) is 24.3 Å². The summed E-state index contributed by atoms with van der Waals surface area (Å²) in [5.41, 5.74) is 13.6. The second kappa shape index (κ2) is 4.75. The summed E-state index contributed by atoms with van der Waals surface area (Å²) in [6.07, 6.45) is 1.48. The second-order valence-corrected chi connectivity index (χ2v) is 2.77. The first-order chi connectivity index (χ1) is 7.09. The molecule has 0 saturated carbocycles. The molecule has 0 fully saturated rings. The minimum Gasteiger partial charge on any atom is -0.369 e. The van der Waals surface area contributed by atoms with Crippen LogP contribution in [0.2, 0.25) is 0 Å². The van der Waals surface area contributed by atoms with Crippen LogP contribution in [0.25, 0.3) is 0 Å². The third-order valence-electron chi connectivity index (χ3n) is 1.59. The second-order valence-electron chi connectivity index (χ2n) is 2.77. The van der Waals surface area contributed by atoms with Crippen LogP contribution in [0.3, 0.4) is 0 Å². The predicted molar refractivity (Wildman–Crippen MR) is 57.6 cm³/mol. The van der Waals surface area contributed by atoms with Gasteiger partial charge in [0.2, 0.25) is 11.9 Å². The SMILES string of the molecule is N=C(N)NN=Cc1ccc(C(N)=O)cc1. The molecule has 6 nitrogen and oxygen atoms in total. The maximum atomic E-state index is 10.7. The standard InChI is InChI=1S/C9H11N5O/c10-8(15)7-3-1-6(2-4-7)5-13-14-9(11)12/h1-5H,(H2,10,15)(H4,11,12,14). The van der Waals surface area contributed by atoms with E-state index in [1.165, 1.54) is 6.21 Å². The van der Waals surface area contributed by atoms with E-state index >= 15 is 0 Å². The number of carbonyl (C=O) groups excluding carboxylic acids is 1. The first kappa shape index (κ1) is 10.7. The van der Waals surface area contributed by atoms with Gasteiger partial charge in [0.1, 0.15) is 0 Å². The van der Waals surface area contributed by atoms with Gasteiger partial charge in [-0.25, -0.2) is 5.43 Å². The van der Waals surface area contributed by atoms with Crippen LogP contribution in [0, 0.1) is 5.41 Å². The smallest absolute Gasteiger partial charge is 0.248 e. The lowest BCUT2D eigenvalue weighted by Crippen LogP contribution is -2.25. The van der Waals surface area contributed by atoms with Gasteiger partial charge in [0, 0.05) is 5.56 Å². The highest BCUT2D eigenvalue weighted by Crippen LogP contribution is 2.01. The number of hydrogen-bond acceptors (Lipinski definition) is 3. The van der Waals surface area contributed by atoms with Gasteiger partial charge in [0.25, 0.3) is 0 Å². The molecule has 1 amide bonds. The molecular weight excluding hydrogens is 194 g/mol. The lowest BCUT2D eigenvalue weighted by Gasteiger charge is -1.96. The highest BCUT2D eigenvalue weighted by atomic mass is 16.1. The van der Waals surface area contributed by atoms with Crippen LogP contribution in [-0.4, -0.2) is 18.1 Å². The zero-order chi connectivity index (χ0) is 11.3. The molecule has 6 N–H and O–H groups in total. The van der Waals surface area contributed by atoms with Gasteiger partial charge in [0.05, 0.1) is 6.21 Å². The zero-order valence-electron chi connectivity index (χ0n) is 7.90. The topological polar surface area (TPSA) is 117 Å². The molecule has 0 aliphatic rings. The molecule has 0 bridgehead atoms. The Labute approximate surface area is 86.5 Å². The van der Waals surface area contributed by atoms with Gasteiger partial charge in [0.15, 0.2) is 0 Å². The molecule has 1 aromatic rings. The zero-order valence-corrected chi connectivity index (χ0v) is 7.90. The van der Waals surface area contributed by atoms with Crippen LogP contribution in [0.4, 0.5) is 0 Å². The number of hydrogen-bond donors (Lipinski definition) is 4. The van der Waals surface area contributed by atoms with E-state index in [4.69, 9.17) is 16.9 Å². The molecule has 0 aliphatic carbocycles. The fourth-order valence-corrected chi connectivity index (χ4v) is 0.910. The fraction of sp³-hybridized carbons (Fsp3) is 0. The molecule has 15 heavy (non-hydrogen) atoms. The van der Waals surface area contributed by atoms with E-state index in [-0.39, 0.29) is 5.96 Å². The van der Waals surface area contributed by atoms with Crippen LogP contribution in [0.15, 0.2) is 29.4 Å². The summed E-state index contributed by atoms with van der Waals surface area (Å²) in [6, 6.07) is 6.56. The Hall–Kier alpha value is -2.37. The predicted octanol–water partition coefficient (Wildman–Crippen LogP) is -0.398. The molecule has 0 spiro atoms. The van der Waals surface area contributed by atoms with Crippen molar-refractivity contribution in [1.82, 2.24) is 5.43 Å². The summed E-state index contributed by atoms with van der Waals surface area (Å²) < 4.78 is 0. The van der Waals surface area contributed by atoms with E-state index in [9.17, 15) is 4.79 Å². The lowest BCUT2D eigenvalue weighted by molar-refractivity contribution is 0.100. The minimum absolute atomic E-state index is 0.236. The number of amides is 1. The molecule has 0 unspecified atom stereocenters. The Kier molecular flexibility index (Phi) is 3.39. The number of benzene rings is 1.